The number of carbonyl (C=O) groups excluding carboxylic acids is 1. The van der Waals surface area contributed by atoms with E-state index in [0.29, 0.717) is 17.1 Å². The van der Waals surface area contributed by atoms with E-state index in [2.05, 4.69) is 31.2 Å². The highest BCUT2D eigenvalue weighted by Crippen LogP contribution is 2.22. The number of halogens is 1. The van der Waals surface area contributed by atoms with E-state index in [1.54, 1.807) is 24.5 Å². The van der Waals surface area contributed by atoms with Crippen LogP contribution in [0.2, 0.25) is 0 Å². The largest absolute Gasteiger partial charge is 0.399 e. The molecule has 4 N–H and O–H groups in total. The van der Waals surface area contributed by atoms with Gasteiger partial charge in [0.05, 0.1) is 5.56 Å². The Labute approximate surface area is 129 Å². The molecule has 3 aromatic rings. The molecule has 0 bridgehead atoms. The van der Waals surface area contributed by atoms with Crippen molar-refractivity contribution in [3.05, 3.63) is 52.3 Å². The summed E-state index contributed by atoms with van der Waals surface area (Å²) >= 11 is 3.38. The van der Waals surface area contributed by atoms with E-state index in [0.717, 1.165) is 20.9 Å². The number of H-pyrrole nitrogens is 1. The standard InChI is InChI=1S/C15H13BrN4O/c1-8-4-14(19-7-12(8)16)20-15(21)11-6-18-13-3-2-9(17)5-10(11)13/h2-7,18H,17H2,1H3,(H,19,20,21). The molecule has 0 saturated carbocycles. The van der Waals surface area contributed by atoms with Gasteiger partial charge in [-0.2, -0.15) is 0 Å². The quantitative estimate of drug-likeness (QED) is 0.622. The van der Waals surface area contributed by atoms with Crippen molar-refractivity contribution < 1.29 is 4.79 Å². The molecule has 5 nitrogen and oxygen atoms in total. The van der Waals surface area contributed by atoms with Crippen LogP contribution in [0, 0.1) is 6.92 Å². The number of nitrogens with one attached hydrogen (secondary N) is 2. The second-order valence-corrected chi connectivity index (χ2v) is 5.63. The summed E-state index contributed by atoms with van der Waals surface area (Å²) in [4.78, 5) is 19.6. The van der Waals surface area contributed by atoms with E-state index in [1.807, 2.05) is 19.1 Å². The average Bonchev–Trinajstić information content (AvgIpc) is 2.86. The average molecular weight is 345 g/mol. The first-order chi connectivity index (χ1) is 10.0. The van der Waals surface area contributed by atoms with Crippen molar-refractivity contribution in [3.8, 4) is 0 Å². The first-order valence-corrected chi connectivity index (χ1v) is 7.14. The lowest BCUT2D eigenvalue weighted by atomic mass is 10.1. The summed E-state index contributed by atoms with van der Waals surface area (Å²) in [5, 5.41) is 3.59. The topological polar surface area (TPSA) is 83.8 Å². The molecule has 2 heterocycles. The molecule has 0 aliphatic rings. The van der Waals surface area contributed by atoms with Crippen molar-refractivity contribution in [3.63, 3.8) is 0 Å². The third-order valence-electron chi connectivity index (χ3n) is 3.24. The molecule has 3 rings (SSSR count). The Hall–Kier alpha value is -2.34. The van der Waals surface area contributed by atoms with Gasteiger partial charge in [-0.1, -0.05) is 0 Å². The fourth-order valence-electron chi connectivity index (χ4n) is 2.12. The summed E-state index contributed by atoms with van der Waals surface area (Å²) in [7, 11) is 0. The number of amides is 1. The predicted molar refractivity (Wildman–Crippen MR) is 87.3 cm³/mol. The lowest BCUT2D eigenvalue weighted by Gasteiger charge is -2.05. The molecule has 0 radical (unpaired) electrons. The van der Waals surface area contributed by atoms with Crippen LogP contribution in [0.4, 0.5) is 11.5 Å². The number of anilines is 2. The number of carbonyl (C=O) groups is 1. The zero-order valence-electron chi connectivity index (χ0n) is 11.3. The molecule has 1 aromatic carbocycles. The van der Waals surface area contributed by atoms with Gasteiger partial charge in [0, 0.05) is 33.5 Å². The Kier molecular flexibility index (Phi) is 3.39. The van der Waals surface area contributed by atoms with Gasteiger partial charge in [0.25, 0.3) is 5.91 Å². The zero-order valence-corrected chi connectivity index (χ0v) is 12.9. The van der Waals surface area contributed by atoms with E-state index < -0.39 is 0 Å². The van der Waals surface area contributed by atoms with Crippen molar-refractivity contribution >= 4 is 44.2 Å². The summed E-state index contributed by atoms with van der Waals surface area (Å²) < 4.78 is 0.903. The number of rotatable bonds is 2. The number of nitrogens with two attached hydrogens (primary N) is 1. The number of nitrogens with zero attached hydrogens (tertiary/aromatic N) is 1. The number of hydrogen-bond acceptors (Lipinski definition) is 3. The Morgan fingerprint density at radius 3 is 2.95 bits per heavy atom. The number of pyridine rings is 1. The highest BCUT2D eigenvalue weighted by molar-refractivity contribution is 9.10. The van der Waals surface area contributed by atoms with Gasteiger partial charge >= 0.3 is 0 Å². The van der Waals surface area contributed by atoms with Crippen molar-refractivity contribution in [2.45, 2.75) is 6.92 Å². The molecule has 21 heavy (non-hydrogen) atoms. The Bertz CT molecular complexity index is 841. The monoisotopic (exact) mass is 344 g/mol. The summed E-state index contributed by atoms with van der Waals surface area (Å²) in [6, 6.07) is 7.23. The minimum absolute atomic E-state index is 0.221. The molecular weight excluding hydrogens is 332 g/mol. The van der Waals surface area contributed by atoms with Gasteiger partial charge in [-0.3, -0.25) is 4.79 Å². The molecule has 2 aromatic heterocycles. The maximum atomic E-state index is 12.4. The molecular formula is C15H13BrN4O. The first-order valence-electron chi connectivity index (χ1n) is 6.34. The summed E-state index contributed by atoms with van der Waals surface area (Å²) in [6.07, 6.45) is 3.34. The van der Waals surface area contributed by atoms with Gasteiger partial charge in [-0.25, -0.2) is 4.98 Å². The van der Waals surface area contributed by atoms with Crippen LogP contribution in [0.3, 0.4) is 0 Å². The SMILES string of the molecule is Cc1cc(NC(=O)c2c[nH]c3ccc(N)cc23)ncc1Br. The second kappa shape index (κ2) is 5.21. The summed E-state index contributed by atoms with van der Waals surface area (Å²) in [5.74, 6) is 0.292. The fourth-order valence-corrected chi connectivity index (χ4v) is 2.33. The van der Waals surface area contributed by atoms with Gasteiger partial charge in [-0.15, -0.1) is 0 Å². The summed E-state index contributed by atoms with van der Waals surface area (Å²) in [5.41, 5.74) is 8.81. The Morgan fingerprint density at radius 1 is 1.38 bits per heavy atom. The number of aromatic nitrogens is 2. The molecule has 0 saturated heterocycles. The van der Waals surface area contributed by atoms with Gasteiger partial charge in [0.15, 0.2) is 0 Å². The molecule has 106 valence electrons. The van der Waals surface area contributed by atoms with E-state index >= 15 is 0 Å². The van der Waals surface area contributed by atoms with Crippen LogP contribution in [0.15, 0.2) is 41.1 Å². The number of hydrogen-bond donors (Lipinski definition) is 3. The van der Waals surface area contributed by atoms with Gasteiger partial charge in [0.1, 0.15) is 5.82 Å². The van der Waals surface area contributed by atoms with Gasteiger partial charge in [-0.05, 0) is 52.7 Å². The smallest absolute Gasteiger partial charge is 0.258 e. The number of fused-ring (bicyclic) bond motifs is 1. The van der Waals surface area contributed by atoms with Crippen molar-refractivity contribution in [2.24, 2.45) is 0 Å². The predicted octanol–water partition coefficient (Wildman–Crippen LogP) is 3.47. The van der Waals surface area contributed by atoms with Crippen LogP contribution in [0.1, 0.15) is 15.9 Å². The number of aromatic amines is 1. The molecule has 0 atom stereocenters. The maximum absolute atomic E-state index is 12.4. The molecule has 0 fully saturated rings. The number of benzene rings is 1. The summed E-state index contributed by atoms with van der Waals surface area (Å²) in [6.45, 7) is 1.94. The molecule has 0 spiro atoms. The fraction of sp³-hybridized carbons (Fsp3) is 0.0667. The second-order valence-electron chi connectivity index (χ2n) is 4.78. The van der Waals surface area contributed by atoms with Crippen molar-refractivity contribution in [1.29, 1.82) is 0 Å². The van der Waals surface area contributed by atoms with Crippen LogP contribution >= 0.6 is 15.9 Å². The van der Waals surface area contributed by atoms with Crippen molar-refractivity contribution in [2.75, 3.05) is 11.1 Å². The zero-order chi connectivity index (χ0) is 15.0. The Balaban J connectivity index is 1.93. The minimum atomic E-state index is -0.221. The van der Waals surface area contributed by atoms with Crippen LogP contribution < -0.4 is 11.1 Å². The van der Waals surface area contributed by atoms with Gasteiger partial charge in [0.2, 0.25) is 0 Å². The highest BCUT2D eigenvalue weighted by atomic mass is 79.9. The number of aryl methyl sites for hydroxylation is 1. The van der Waals surface area contributed by atoms with Crippen LogP contribution in [0.5, 0.6) is 0 Å². The lowest BCUT2D eigenvalue weighted by Crippen LogP contribution is -2.12. The van der Waals surface area contributed by atoms with Crippen molar-refractivity contribution in [1.82, 2.24) is 9.97 Å². The lowest BCUT2D eigenvalue weighted by molar-refractivity contribution is 0.102. The molecule has 1 amide bonds. The number of nitrogen functional groups attached to an aromatic ring is 1. The maximum Gasteiger partial charge on any atom is 0.258 e. The van der Waals surface area contributed by atoms with E-state index in [1.165, 1.54) is 0 Å². The van der Waals surface area contributed by atoms with Gasteiger partial charge < -0.3 is 16.0 Å². The van der Waals surface area contributed by atoms with E-state index in [9.17, 15) is 4.79 Å². The van der Waals surface area contributed by atoms with E-state index in [-0.39, 0.29) is 5.91 Å². The first kappa shape index (κ1) is 13.6. The normalized spacial score (nSPS) is 10.8. The van der Waals surface area contributed by atoms with E-state index in [4.69, 9.17) is 5.73 Å². The third kappa shape index (κ3) is 2.62. The molecule has 0 unspecified atom stereocenters. The van der Waals surface area contributed by atoms with Crippen LogP contribution in [-0.4, -0.2) is 15.9 Å². The molecule has 0 aliphatic heterocycles. The highest BCUT2D eigenvalue weighted by Gasteiger charge is 2.13. The van der Waals surface area contributed by atoms with Crippen LogP contribution in [-0.2, 0) is 0 Å². The van der Waals surface area contributed by atoms with Crippen LogP contribution in [0.25, 0.3) is 10.9 Å². The molecule has 6 heteroatoms. The molecule has 0 aliphatic carbocycles. The minimum Gasteiger partial charge on any atom is -0.399 e. The Morgan fingerprint density at radius 2 is 2.19 bits per heavy atom. The third-order valence-corrected chi connectivity index (χ3v) is 4.07.